The van der Waals surface area contributed by atoms with Crippen molar-refractivity contribution in [1.82, 2.24) is 14.3 Å². The van der Waals surface area contributed by atoms with Crippen LogP contribution in [0.3, 0.4) is 0 Å². The topological polar surface area (TPSA) is 75.3 Å². The van der Waals surface area contributed by atoms with Gasteiger partial charge < -0.3 is 9.72 Å². The Morgan fingerprint density at radius 2 is 2.37 bits per heavy atom. The Labute approximate surface area is 121 Å². The highest BCUT2D eigenvalue weighted by Gasteiger charge is 2.36. The fourth-order valence-corrected chi connectivity index (χ4v) is 3.97. The van der Waals surface area contributed by atoms with Crippen molar-refractivity contribution in [3.8, 4) is 0 Å². The molecular formula is C11H18BrN3O3S. The molecule has 0 aromatic carbocycles. The Balaban J connectivity index is 2.26. The number of nitrogens with zero attached hydrogens (tertiary/aromatic N) is 2. The predicted molar refractivity (Wildman–Crippen MR) is 74.9 cm³/mol. The van der Waals surface area contributed by atoms with E-state index in [1.165, 1.54) is 10.5 Å². The molecule has 0 bridgehead atoms. The average molecular weight is 352 g/mol. The molecule has 1 aromatic rings. The summed E-state index contributed by atoms with van der Waals surface area (Å²) in [6.45, 7) is 4.53. The van der Waals surface area contributed by atoms with E-state index in [-0.39, 0.29) is 17.2 Å². The van der Waals surface area contributed by atoms with Crippen LogP contribution in [-0.4, -0.2) is 53.3 Å². The largest absolute Gasteiger partial charge is 0.374 e. The molecule has 2 unspecified atom stereocenters. The van der Waals surface area contributed by atoms with Gasteiger partial charge in [-0.3, -0.25) is 0 Å². The lowest BCUT2D eigenvalue weighted by Crippen LogP contribution is -2.51. The SMILES string of the molecule is CCc1ncc(S(=O)(=O)N2CC(CBr)OCC2C)[nH]1. The Morgan fingerprint density at radius 3 is 2.95 bits per heavy atom. The van der Waals surface area contributed by atoms with Crippen LogP contribution in [0, 0.1) is 0 Å². The number of H-pyrrole nitrogens is 1. The Kier molecular flexibility index (Phi) is 4.65. The minimum atomic E-state index is -3.53. The number of aryl methyl sites for hydroxylation is 1. The predicted octanol–water partition coefficient (Wildman–Crippen LogP) is 1.15. The maximum absolute atomic E-state index is 12.6. The number of alkyl halides is 1. The third-order valence-electron chi connectivity index (χ3n) is 3.15. The number of imidazole rings is 1. The van der Waals surface area contributed by atoms with Crippen LogP contribution in [0.2, 0.25) is 0 Å². The van der Waals surface area contributed by atoms with Gasteiger partial charge in [0, 0.05) is 24.3 Å². The van der Waals surface area contributed by atoms with Crippen LogP contribution in [0.15, 0.2) is 11.2 Å². The molecule has 1 saturated heterocycles. The highest BCUT2D eigenvalue weighted by atomic mass is 79.9. The fourth-order valence-electron chi connectivity index (χ4n) is 2.00. The molecule has 8 heteroatoms. The molecule has 0 radical (unpaired) electrons. The Hall–Kier alpha value is -0.440. The molecule has 1 N–H and O–H groups in total. The molecule has 6 nitrogen and oxygen atoms in total. The van der Waals surface area contributed by atoms with E-state index in [0.717, 1.165) is 0 Å². The molecule has 2 atom stereocenters. The van der Waals surface area contributed by atoms with E-state index in [2.05, 4.69) is 25.9 Å². The van der Waals surface area contributed by atoms with E-state index in [9.17, 15) is 8.42 Å². The number of rotatable bonds is 4. The van der Waals surface area contributed by atoms with Gasteiger partial charge in [0.1, 0.15) is 5.82 Å². The first-order valence-corrected chi connectivity index (χ1v) is 8.78. The summed E-state index contributed by atoms with van der Waals surface area (Å²) in [7, 11) is -3.53. The summed E-state index contributed by atoms with van der Waals surface area (Å²) in [6.07, 6.45) is 1.96. The van der Waals surface area contributed by atoms with Crippen LogP contribution in [-0.2, 0) is 21.2 Å². The van der Waals surface area contributed by atoms with E-state index < -0.39 is 10.0 Å². The molecule has 0 spiro atoms. The minimum absolute atomic E-state index is 0.112. The number of morpholine rings is 1. The van der Waals surface area contributed by atoms with Crippen LogP contribution in [0.1, 0.15) is 19.7 Å². The normalized spacial score (nSPS) is 25.6. The molecule has 1 aliphatic heterocycles. The lowest BCUT2D eigenvalue weighted by molar-refractivity contribution is -0.0140. The molecule has 0 amide bonds. The average Bonchev–Trinajstić information content (AvgIpc) is 2.88. The van der Waals surface area contributed by atoms with Gasteiger partial charge in [0.25, 0.3) is 10.0 Å². The van der Waals surface area contributed by atoms with Gasteiger partial charge in [0.15, 0.2) is 5.03 Å². The Morgan fingerprint density at radius 1 is 1.63 bits per heavy atom. The molecule has 108 valence electrons. The third kappa shape index (κ3) is 3.01. The molecule has 2 heterocycles. The van der Waals surface area contributed by atoms with Crippen molar-refractivity contribution in [3.05, 3.63) is 12.0 Å². The summed E-state index contributed by atoms with van der Waals surface area (Å²) in [6, 6.07) is -0.173. The minimum Gasteiger partial charge on any atom is -0.374 e. The van der Waals surface area contributed by atoms with Crippen molar-refractivity contribution in [2.45, 2.75) is 37.4 Å². The van der Waals surface area contributed by atoms with Gasteiger partial charge in [-0.25, -0.2) is 13.4 Å². The standard InChI is InChI=1S/C11H18BrN3O3S/c1-3-10-13-5-11(14-10)19(16,17)15-6-9(4-12)18-7-8(15)2/h5,8-9H,3-4,6-7H2,1-2H3,(H,13,14). The number of aromatic amines is 1. The molecule has 0 saturated carbocycles. The number of sulfonamides is 1. The van der Waals surface area contributed by atoms with Crippen LogP contribution in [0.5, 0.6) is 0 Å². The molecule has 1 aromatic heterocycles. The third-order valence-corrected chi connectivity index (χ3v) is 5.76. The van der Waals surface area contributed by atoms with Crippen LogP contribution in [0.4, 0.5) is 0 Å². The fraction of sp³-hybridized carbons (Fsp3) is 0.727. The van der Waals surface area contributed by atoms with Gasteiger partial charge in [-0.2, -0.15) is 4.31 Å². The van der Waals surface area contributed by atoms with Gasteiger partial charge in [-0.1, -0.05) is 22.9 Å². The van der Waals surface area contributed by atoms with Crippen molar-refractivity contribution >= 4 is 26.0 Å². The second-order valence-electron chi connectivity index (χ2n) is 4.58. The molecule has 19 heavy (non-hydrogen) atoms. The molecule has 1 aliphatic rings. The monoisotopic (exact) mass is 351 g/mol. The summed E-state index contributed by atoms with van der Waals surface area (Å²) < 4.78 is 32.2. The summed E-state index contributed by atoms with van der Waals surface area (Å²) in [5.74, 6) is 0.677. The number of halogens is 1. The van der Waals surface area contributed by atoms with E-state index >= 15 is 0 Å². The number of hydrogen-bond acceptors (Lipinski definition) is 4. The maximum Gasteiger partial charge on any atom is 0.260 e. The molecule has 1 fully saturated rings. The van der Waals surface area contributed by atoms with Gasteiger partial charge >= 0.3 is 0 Å². The van der Waals surface area contributed by atoms with Gasteiger partial charge in [-0.15, -0.1) is 0 Å². The van der Waals surface area contributed by atoms with E-state index in [1.54, 1.807) is 0 Å². The first kappa shape index (κ1) is 15.0. The Bertz CT molecular complexity index is 531. The number of nitrogens with one attached hydrogen (secondary N) is 1. The lowest BCUT2D eigenvalue weighted by atomic mass is 10.2. The van der Waals surface area contributed by atoms with Gasteiger partial charge in [0.05, 0.1) is 18.9 Å². The van der Waals surface area contributed by atoms with Crippen LogP contribution in [0.25, 0.3) is 0 Å². The van der Waals surface area contributed by atoms with Crippen molar-refractivity contribution in [1.29, 1.82) is 0 Å². The summed E-state index contributed by atoms with van der Waals surface area (Å²) in [4.78, 5) is 6.92. The zero-order valence-electron chi connectivity index (χ0n) is 11.0. The molecular weight excluding hydrogens is 334 g/mol. The highest BCUT2D eigenvalue weighted by Crippen LogP contribution is 2.22. The van der Waals surface area contributed by atoms with E-state index in [1.807, 2.05) is 13.8 Å². The van der Waals surface area contributed by atoms with E-state index in [4.69, 9.17) is 4.74 Å². The first-order chi connectivity index (χ1) is 8.98. The number of ether oxygens (including phenoxy) is 1. The highest BCUT2D eigenvalue weighted by molar-refractivity contribution is 9.09. The zero-order chi connectivity index (χ0) is 14.0. The quantitative estimate of drug-likeness (QED) is 0.825. The number of hydrogen-bond donors (Lipinski definition) is 1. The van der Waals surface area contributed by atoms with Crippen LogP contribution < -0.4 is 0 Å². The summed E-state index contributed by atoms with van der Waals surface area (Å²) in [5, 5.41) is 0.779. The number of aromatic nitrogens is 2. The van der Waals surface area contributed by atoms with Gasteiger partial charge in [0.2, 0.25) is 0 Å². The van der Waals surface area contributed by atoms with Crippen molar-refractivity contribution in [2.75, 3.05) is 18.5 Å². The maximum atomic E-state index is 12.6. The summed E-state index contributed by atoms with van der Waals surface area (Å²) in [5.41, 5.74) is 0. The van der Waals surface area contributed by atoms with Crippen molar-refractivity contribution < 1.29 is 13.2 Å². The molecule has 2 rings (SSSR count). The van der Waals surface area contributed by atoms with Crippen LogP contribution >= 0.6 is 15.9 Å². The second-order valence-corrected chi connectivity index (χ2v) is 7.09. The van der Waals surface area contributed by atoms with Crippen molar-refractivity contribution in [3.63, 3.8) is 0 Å². The molecule has 0 aliphatic carbocycles. The first-order valence-electron chi connectivity index (χ1n) is 6.22. The smallest absolute Gasteiger partial charge is 0.260 e. The van der Waals surface area contributed by atoms with Gasteiger partial charge in [-0.05, 0) is 6.92 Å². The van der Waals surface area contributed by atoms with Crippen molar-refractivity contribution in [2.24, 2.45) is 0 Å². The zero-order valence-corrected chi connectivity index (χ0v) is 13.4. The second kappa shape index (κ2) is 5.90. The lowest BCUT2D eigenvalue weighted by Gasteiger charge is -2.35. The summed E-state index contributed by atoms with van der Waals surface area (Å²) >= 11 is 3.33. The van der Waals surface area contributed by atoms with E-state index in [0.29, 0.717) is 30.7 Å².